The Kier molecular flexibility index (Phi) is 7.00. The van der Waals surface area contributed by atoms with Crippen molar-refractivity contribution in [3.05, 3.63) is 89.2 Å². The first-order valence-corrected chi connectivity index (χ1v) is 11.5. The number of unbranched alkanes of at least 4 members (excludes halogenated alkanes) is 4. The monoisotopic (exact) mass is 439 g/mol. The van der Waals surface area contributed by atoms with Crippen molar-refractivity contribution in [2.24, 2.45) is 0 Å². The molecule has 0 spiro atoms. The highest BCUT2D eigenvalue weighted by molar-refractivity contribution is 6.09. The molecule has 0 saturated carbocycles. The molecule has 4 heteroatoms. The van der Waals surface area contributed by atoms with Gasteiger partial charge >= 0.3 is 5.97 Å². The van der Waals surface area contributed by atoms with Crippen LogP contribution in [0.2, 0.25) is 0 Å². The maximum absolute atomic E-state index is 13.8. The summed E-state index contributed by atoms with van der Waals surface area (Å²) >= 11 is 0. The third kappa shape index (κ3) is 5.21. The summed E-state index contributed by atoms with van der Waals surface area (Å²) in [5.41, 5.74) is 1.65. The Hall–Kier alpha value is -3.71. The fraction of sp³-hybridized carbons (Fsp3) is 0.241. The van der Waals surface area contributed by atoms with Crippen LogP contribution in [0.25, 0.3) is 21.5 Å². The maximum Gasteiger partial charge on any atom is 0.343 e. The molecular formula is C29H26FNO2. The number of esters is 1. The van der Waals surface area contributed by atoms with E-state index in [1.54, 1.807) is 18.2 Å². The fourth-order valence-electron chi connectivity index (χ4n) is 4.15. The van der Waals surface area contributed by atoms with Gasteiger partial charge in [-0.3, -0.25) is 0 Å². The van der Waals surface area contributed by atoms with Gasteiger partial charge in [0.25, 0.3) is 0 Å². The van der Waals surface area contributed by atoms with Crippen LogP contribution >= 0.6 is 0 Å². The van der Waals surface area contributed by atoms with Crippen molar-refractivity contribution >= 4 is 27.5 Å². The lowest BCUT2D eigenvalue weighted by molar-refractivity contribution is 0.0734. The number of nitrogens with zero attached hydrogens (tertiary/aromatic N) is 1. The van der Waals surface area contributed by atoms with Gasteiger partial charge in [-0.25, -0.2) is 9.18 Å². The molecule has 4 rings (SSSR count). The van der Waals surface area contributed by atoms with Crippen molar-refractivity contribution in [2.45, 2.75) is 45.4 Å². The van der Waals surface area contributed by atoms with Crippen LogP contribution in [0.3, 0.4) is 0 Å². The Morgan fingerprint density at radius 2 is 1.61 bits per heavy atom. The summed E-state index contributed by atoms with van der Waals surface area (Å²) in [5, 5.41) is 13.2. The van der Waals surface area contributed by atoms with E-state index in [-0.39, 0.29) is 11.3 Å². The van der Waals surface area contributed by atoms with Gasteiger partial charge in [-0.15, -0.1) is 0 Å². The third-order valence-corrected chi connectivity index (χ3v) is 5.98. The van der Waals surface area contributed by atoms with Crippen LogP contribution in [0.4, 0.5) is 4.39 Å². The Labute approximate surface area is 193 Å². The van der Waals surface area contributed by atoms with E-state index >= 15 is 0 Å². The molecule has 3 nitrogen and oxygen atoms in total. The molecule has 0 N–H and O–H groups in total. The molecule has 166 valence electrons. The lowest BCUT2D eigenvalue weighted by Gasteiger charge is -2.09. The molecule has 0 aromatic heterocycles. The van der Waals surface area contributed by atoms with E-state index in [1.807, 2.05) is 12.1 Å². The minimum atomic E-state index is -0.715. The summed E-state index contributed by atoms with van der Waals surface area (Å²) < 4.78 is 19.1. The van der Waals surface area contributed by atoms with Crippen molar-refractivity contribution in [3.63, 3.8) is 0 Å². The van der Waals surface area contributed by atoms with Crippen LogP contribution in [0.1, 0.15) is 60.5 Å². The Morgan fingerprint density at radius 3 is 2.33 bits per heavy atom. The van der Waals surface area contributed by atoms with Crippen LogP contribution in [0, 0.1) is 17.1 Å². The number of ether oxygens (including phenoxy) is 1. The molecule has 0 amide bonds. The Balaban J connectivity index is 1.52. The van der Waals surface area contributed by atoms with E-state index in [0.29, 0.717) is 5.56 Å². The third-order valence-electron chi connectivity index (χ3n) is 5.98. The van der Waals surface area contributed by atoms with E-state index in [1.165, 1.54) is 55.2 Å². The molecule has 4 aromatic carbocycles. The maximum atomic E-state index is 13.8. The van der Waals surface area contributed by atoms with Gasteiger partial charge in [-0.2, -0.15) is 5.26 Å². The van der Waals surface area contributed by atoms with Crippen LogP contribution in [-0.4, -0.2) is 5.97 Å². The molecule has 0 saturated heterocycles. The highest BCUT2D eigenvalue weighted by Gasteiger charge is 2.12. The number of nitriles is 1. The first-order valence-electron chi connectivity index (χ1n) is 11.5. The number of rotatable bonds is 8. The molecule has 0 radical (unpaired) electrons. The molecule has 0 heterocycles. The average molecular weight is 440 g/mol. The van der Waals surface area contributed by atoms with Gasteiger partial charge in [-0.1, -0.05) is 69.0 Å². The zero-order valence-electron chi connectivity index (χ0n) is 18.7. The number of hydrogen-bond donors (Lipinski definition) is 0. The number of fused-ring (bicyclic) bond motifs is 3. The summed E-state index contributed by atoms with van der Waals surface area (Å²) in [4.78, 5) is 12.6. The van der Waals surface area contributed by atoms with Gasteiger partial charge in [-0.05, 0) is 64.2 Å². The minimum absolute atomic E-state index is 0.0670. The molecule has 33 heavy (non-hydrogen) atoms. The second-order valence-electron chi connectivity index (χ2n) is 8.36. The first-order chi connectivity index (χ1) is 16.1. The molecule has 0 fully saturated rings. The van der Waals surface area contributed by atoms with E-state index in [2.05, 4.69) is 31.2 Å². The Morgan fingerprint density at radius 1 is 0.879 bits per heavy atom. The number of carbonyl (C=O) groups excluding carboxylic acids is 1. The fourth-order valence-corrected chi connectivity index (χ4v) is 4.15. The quantitative estimate of drug-likeness (QED) is 0.122. The van der Waals surface area contributed by atoms with Crippen molar-refractivity contribution in [1.29, 1.82) is 5.26 Å². The average Bonchev–Trinajstić information content (AvgIpc) is 2.83. The van der Waals surface area contributed by atoms with Crippen molar-refractivity contribution < 1.29 is 13.9 Å². The predicted molar refractivity (Wildman–Crippen MR) is 130 cm³/mol. The van der Waals surface area contributed by atoms with Crippen molar-refractivity contribution in [3.8, 4) is 11.8 Å². The smallest absolute Gasteiger partial charge is 0.343 e. The Bertz CT molecular complexity index is 1350. The summed E-state index contributed by atoms with van der Waals surface area (Å²) in [6, 6.07) is 21.7. The number of hydrogen-bond acceptors (Lipinski definition) is 3. The molecule has 0 aliphatic heterocycles. The van der Waals surface area contributed by atoms with E-state index in [4.69, 9.17) is 10.00 Å². The lowest BCUT2D eigenvalue weighted by atomic mass is 9.97. The van der Waals surface area contributed by atoms with Crippen LogP contribution < -0.4 is 4.74 Å². The zero-order valence-corrected chi connectivity index (χ0v) is 18.7. The highest BCUT2D eigenvalue weighted by atomic mass is 19.1. The topological polar surface area (TPSA) is 50.1 Å². The first kappa shape index (κ1) is 22.5. The lowest BCUT2D eigenvalue weighted by Crippen LogP contribution is -2.08. The van der Waals surface area contributed by atoms with Crippen molar-refractivity contribution in [1.82, 2.24) is 0 Å². The summed E-state index contributed by atoms with van der Waals surface area (Å²) in [6.07, 6.45) is 7.46. The van der Waals surface area contributed by atoms with Gasteiger partial charge in [0.15, 0.2) is 0 Å². The summed E-state index contributed by atoms with van der Waals surface area (Å²) in [7, 11) is 0. The number of benzene rings is 4. The number of aryl methyl sites for hydroxylation is 1. The molecule has 0 bridgehead atoms. The number of carbonyl (C=O) groups is 1. The van der Waals surface area contributed by atoms with Gasteiger partial charge in [0.05, 0.1) is 11.1 Å². The molecule has 0 aliphatic carbocycles. The van der Waals surface area contributed by atoms with Gasteiger partial charge in [0, 0.05) is 6.07 Å². The van der Waals surface area contributed by atoms with E-state index < -0.39 is 11.8 Å². The highest BCUT2D eigenvalue weighted by Crippen LogP contribution is 2.28. The second kappa shape index (κ2) is 10.3. The molecule has 0 aliphatic rings. The summed E-state index contributed by atoms with van der Waals surface area (Å²) in [5.74, 6) is -1.22. The van der Waals surface area contributed by atoms with E-state index in [0.717, 1.165) is 28.6 Å². The molecule has 0 atom stereocenters. The SMILES string of the molecule is CCCCCCCc1ccc2c(ccc3cc(C(=O)Oc4ccc(C#N)c(F)c4)ccc32)c1. The molecule has 4 aromatic rings. The van der Waals surface area contributed by atoms with Crippen LogP contribution in [-0.2, 0) is 6.42 Å². The van der Waals surface area contributed by atoms with E-state index in [9.17, 15) is 9.18 Å². The summed E-state index contributed by atoms with van der Waals surface area (Å²) in [6.45, 7) is 2.23. The second-order valence-corrected chi connectivity index (χ2v) is 8.36. The normalized spacial score (nSPS) is 10.9. The molecular weight excluding hydrogens is 413 g/mol. The minimum Gasteiger partial charge on any atom is -0.423 e. The van der Waals surface area contributed by atoms with Gasteiger partial charge in [0.1, 0.15) is 17.6 Å². The zero-order chi connectivity index (χ0) is 23.2. The van der Waals surface area contributed by atoms with Gasteiger partial charge in [0.2, 0.25) is 0 Å². The van der Waals surface area contributed by atoms with Crippen LogP contribution in [0.5, 0.6) is 5.75 Å². The standard InChI is InChI=1S/C29H26FNO2/c1-2-3-4-5-6-7-20-8-14-26-21(16-20)9-10-22-17-23(12-15-27(22)26)29(32)33-25-13-11-24(19-31)28(30)18-25/h8-18H,2-7H2,1H3. The van der Waals surface area contributed by atoms with Gasteiger partial charge < -0.3 is 4.74 Å². The molecule has 0 unspecified atom stereocenters. The largest absolute Gasteiger partial charge is 0.423 e. The predicted octanol–water partition coefficient (Wildman–Crippen LogP) is 7.74. The van der Waals surface area contributed by atoms with Crippen LogP contribution in [0.15, 0.2) is 66.7 Å². The van der Waals surface area contributed by atoms with Crippen molar-refractivity contribution in [2.75, 3.05) is 0 Å². The number of halogens is 1.